The van der Waals surface area contributed by atoms with Gasteiger partial charge >= 0.3 is 6.03 Å². The van der Waals surface area contributed by atoms with Crippen molar-refractivity contribution in [2.75, 3.05) is 13.1 Å². The molecule has 0 aromatic heterocycles. The summed E-state index contributed by atoms with van der Waals surface area (Å²) in [5.74, 6) is 0.488. The summed E-state index contributed by atoms with van der Waals surface area (Å²) in [4.78, 5) is 14.2. The van der Waals surface area contributed by atoms with Crippen LogP contribution in [0.15, 0.2) is 34.2 Å². The van der Waals surface area contributed by atoms with Gasteiger partial charge in [0.25, 0.3) is 10.0 Å². The number of urea groups is 1. The van der Waals surface area contributed by atoms with E-state index in [1.165, 1.54) is 0 Å². The van der Waals surface area contributed by atoms with Gasteiger partial charge in [0.05, 0.1) is 0 Å². The lowest BCUT2D eigenvalue weighted by Gasteiger charge is -2.34. The van der Waals surface area contributed by atoms with E-state index in [0.29, 0.717) is 35.1 Å². The van der Waals surface area contributed by atoms with Gasteiger partial charge in [0.1, 0.15) is 10.7 Å². The third-order valence-electron chi connectivity index (χ3n) is 5.35. The molecule has 9 heteroatoms. The lowest BCUT2D eigenvalue weighted by atomic mass is 10.0. The molecule has 2 aliphatic heterocycles. The van der Waals surface area contributed by atoms with Crippen LogP contribution in [0.2, 0.25) is 5.02 Å². The van der Waals surface area contributed by atoms with E-state index in [9.17, 15) is 13.2 Å². The number of likely N-dealkylation sites (tertiary alicyclic amines) is 1. The SMILES string of the molecule is CCC(C)NC(=O)NC1CCN(C2=NS(=O)(=O)C(c3cccc(Cl)c3)=C2C)CC1. The molecule has 0 radical (unpaired) electrons. The Kier molecular flexibility index (Phi) is 6.53. The highest BCUT2D eigenvalue weighted by Crippen LogP contribution is 2.35. The Morgan fingerprint density at radius 3 is 2.66 bits per heavy atom. The number of hydrogen-bond acceptors (Lipinski definition) is 4. The van der Waals surface area contributed by atoms with Crippen LogP contribution in [-0.2, 0) is 10.0 Å². The van der Waals surface area contributed by atoms with Crippen molar-refractivity contribution in [3.05, 3.63) is 40.4 Å². The van der Waals surface area contributed by atoms with Gasteiger partial charge < -0.3 is 15.5 Å². The van der Waals surface area contributed by atoms with Crippen molar-refractivity contribution in [1.29, 1.82) is 0 Å². The zero-order valence-corrected chi connectivity index (χ0v) is 18.5. The fourth-order valence-corrected chi connectivity index (χ4v) is 5.27. The molecule has 1 saturated heterocycles. The molecular weight excluding hydrogens is 412 g/mol. The number of nitrogens with zero attached hydrogens (tertiary/aromatic N) is 2. The first kappa shape index (κ1) is 21.6. The Labute approximate surface area is 177 Å². The standard InChI is InChI=1S/C20H27ClN4O3S/c1-4-13(2)22-20(26)23-17-8-10-25(11-9-17)19-14(3)18(29(27,28)24-19)15-6-5-7-16(21)12-15/h5-7,12-13,17H,4,8-11H2,1-3H3,(H2,22,23,26). The number of benzene rings is 1. The van der Waals surface area contributed by atoms with E-state index in [2.05, 4.69) is 15.0 Å². The topological polar surface area (TPSA) is 90.9 Å². The number of sulfonamides is 1. The zero-order valence-electron chi connectivity index (χ0n) is 16.9. The third-order valence-corrected chi connectivity index (χ3v) is 7.05. The second kappa shape index (κ2) is 8.75. The number of amidine groups is 1. The molecule has 2 N–H and O–H groups in total. The van der Waals surface area contributed by atoms with Crippen LogP contribution >= 0.6 is 11.6 Å². The van der Waals surface area contributed by atoms with Gasteiger partial charge in [0, 0.05) is 35.8 Å². The van der Waals surface area contributed by atoms with Gasteiger partial charge in [-0.3, -0.25) is 0 Å². The molecule has 1 unspecified atom stereocenters. The molecule has 7 nitrogen and oxygen atoms in total. The first-order valence-corrected chi connectivity index (χ1v) is 11.7. The summed E-state index contributed by atoms with van der Waals surface area (Å²) in [5.41, 5.74) is 1.18. The van der Waals surface area contributed by atoms with E-state index < -0.39 is 10.0 Å². The van der Waals surface area contributed by atoms with Crippen LogP contribution in [0.4, 0.5) is 4.79 Å². The maximum atomic E-state index is 12.7. The van der Waals surface area contributed by atoms with Gasteiger partial charge in [-0.1, -0.05) is 30.7 Å². The van der Waals surface area contributed by atoms with Gasteiger partial charge in [0.15, 0.2) is 0 Å². The van der Waals surface area contributed by atoms with Gasteiger partial charge in [-0.2, -0.15) is 8.42 Å². The van der Waals surface area contributed by atoms with Crippen molar-refractivity contribution in [3.8, 4) is 0 Å². The van der Waals surface area contributed by atoms with Crippen molar-refractivity contribution in [2.45, 2.75) is 52.1 Å². The maximum Gasteiger partial charge on any atom is 0.315 e. The first-order chi connectivity index (χ1) is 13.7. The predicted molar refractivity (Wildman–Crippen MR) is 116 cm³/mol. The number of hydrogen-bond donors (Lipinski definition) is 2. The molecular formula is C20H27ClN4O3S. The summed E-state index contributed by atoms with van der Waals surface area (Å²) in [6.07, 6.45) is 2.33. The summed E-state index contributed by atoms with van der Waals surface area (Å²) in [7, 11) is -3.77. The van der Waals surface area contributed by atoms with Crippen LogP contribution in [0.5, 0.6) is 0 Å². The van der Waals surface area contributed by atoms with E-state index in [-0.39, 0.29) is 23.0 Å². The van der Waals surface area contributed by atoms with E-state index >= 15 is 0 Å². The van der Waals surface area contributed by atoms with Gasteiger partial charge in [-0.15, -0.1) is 4.40 Å². The highest BCUT2D eigenvalue weighted by atomic mass is 35.5. The smallest absolute Gasteiger partial charge is 0.315 e. The predicted octanol–water partition coefficient (Wildman–Crippen LogP) is 3.38. The van der Waals surface area contributed by atoms with E-state index in [0.717, 1.165) is 19.3 Å². The minimum Gasteiger partial charge on any atom is -0.356 e. The number of rotatable bonds is 4. The molecule has 0 aliphatic carbocycles. The molecule has 1 aromatic rings. The third kappa shape index (κ3) is 4.93. The largest absolute Gasteiger partial charge is 0.356 e. The van der Waals surface area contributed by atoms with E-state index in [1.54, 1.807) is 31.2 Å². The number of nitrogens with one attached hydrogen (secondary N) is 2. The molecule has 2 amide bonds. The minimum absolute atomic E-state index is 0.0607. The Morgan fingerprint density at radius 2 is 2.03 bits per heavy atom. The summed E-state index contributed by atoms with van der Waals surface area (Å²) in [6, 6.07) is 6.84. The van der Waals surface area contributed by atoms with E-state index in [4.69, 9.17) is 11.6 Å². The molecule has 0 bridgehead atoms. The van der Waals surface area contributed by atoms with Crippen LogP contribution in [0.3, 0.4) is 0 Å². The molecule has 29 heavy (non-hydrogen) atoms. The lowest BCUT2D eigenvalue weighted by molar-refractivity contribution is 0.223. The van der Waals surface area contributed by atoms with Crippen molar-refractivity contribution in [1.82, 2.24) is 15.5 Å². The summed E-state index contributed by atoms with van der Waals surface area (Å²) < 4.78 is 29.4. The number of amides is 2. The van der Waals surface area contributed by atoms with Crippen LogP contribution in [0.25, 0.3) is 4.91 Å². The monoisotopic (exact) mass is 438 g/mol. The number of halogens is 1. The Morgan fingerprint density at radius 1 is 1.34 bits per heavy atom. The van der Waals surface area contributed by atoms with Crippen LogP contribution < -0.4 is 10.6 Å². The lowest BCUT2D eigenvalue weighted by Crippen LogP contribution is -2.50. The fourth-order valence-electron chi connectivity index (χ4n) is 3.60. The van der Waals surface area contributed by atoms with E-state index in [1.807, 2.05) is 18.7 Å². The molecule has 158 valence electrons. The molecule has 1 atom stereocenters. The number of carbonyl (C=O) groups excluding carboxylic acids is 1. The van der Waals surface area contributed by atoms with Gasteiger partial charge in [-0.05, 0) is 50.8 Å². The quantitative estimate of drug-likeness (QED) is 0.753. The molecule has 1 fully saturated rings. The zero-order chi connectivity index (χ0) is 21.2. The highest BCUT2D eigenvalue weighted by Gasteiger charge is 2.35. The maximum absolute atomic E-state index is 12.7. The normalized spacial score (nSPS) is 20.4. The Balaban J connectivity index is 1.69. The van der Waals surface area contributed by atoms with Crippen LogP contribution in [-0.4, -0.2) is 50.4 Å². The average molecular weight is 439 g/mol. The number of carbonyl (C=O) groups is 1. The molecule has 1 aromatic carbocycles. The van der Waals surface area contributed by atoms with Crippen molar-refractivity contribution in [3.63, 3.8) is 0 Å². The summed E-state index contributed by atoms with van der Waals surface area (Å²) >= 11 is 6.04. The van der Waals surface area contributed by atoms with Crippen molar-refractivity contribution >= 4 is 38.4 Å². The molecule has 0 saturated carbocycles. The first-order valence-electron chi connectivity index (χ1n) is 9.85. The molecule has 2 heterocycles. The molecule has 3 rings (SSSR count). The van der Waals surface area contributed by atoms with Crippen LogP contribution in [0.1, 0.15) is 45.6 Å². The Bertz CT molecular complexity index is 950. The summed E-state index contributed by atoms with van der Waals surface area (Å²) in [5, 5.41) is 6.39. The second-order valence-corrected chi connectivity index (χ2v) is 9.52. The van der Waals surface area contributed by atoms with Crippen molar-refractivity contribution < 1.29 is 13.2 Å². The minimum atomic E-state index is -3.77. The Hall–Kier alpha value is -2.06. The van der Waals surface area contributed by atoms with Crippen LogP contribution in [0, 0.1) is 0 Å². The van der Waals surface area contributed by atoms with Crippen molar-refractivity contribution in [2.24, 2.45) is 4.40 Å². The van der Waals surface area contributed by atoms with Gasteiger partial charge in [-0.25, -0.2) is 4.79 Å². The fraction of sp³-hybridized carbons (Fsp3) is 0.500. The average Bonchev–Trinajstić information content (AvgIpc) is 2.91. The molecule has 2 aliphatic rings. The second-order valence-electron chi connectivity index (χ2n) is 7.54. The van der Waals surface area contributed by atoms with Gasteiger partial charge in [0.2, 0.25) is 0 Å². The highest BCUT2D eigenvalue weighted by molar-refractivity contribution is 8.00. The molecule has 0 spiro atoms. The number of piperidine rings is 1. The summed E-state index contributed by atoms with van der Waals surface area (Å²) in [6.45, 7) is 7.02.